The van der Waals surface area contributed by atoms with Crippen LogP contribution in [-0.2, 0) is 10.0 Å². The SMILES string of the molecule is O=S(=O)(c1ncccc1F)N(CCCl)CC(F)F. The summed E-state index contributed by atoms with van der Waals surface area (Å²) in [5, 5.41) is -0.879. The molecule has 0 aromatic carbocycles. The molecule has 0 amide bonds. The lowest BCUT2D eigenvalue weighted by Gasteiger charge is -2.20. The molecule has 0 N–H and O–H groups in total. The van der Waals surface area contributed by atoms with Crippen LogP contribution < -0.4 is 0 Å². The molecular formula is C9H10ClF3N2O2S. The summed E-state index contributed by atoms with van der Waals surface area (Å²) >= 11 is 5.35. The van der Waals surface area contributed by atoms with Crippen molar-refractivity contribution in [2.75, 3.05) is 19.0 Å². The largest absolute Gasteiger partial charge is 0.263 e. The summed E-state index contributed by atoms with van der Waals surface area (Å²) in [4.78, 5) is 3.37. The molecule has 0 aliphatic heterocycles. The lowest BCUT2D eigenvalue weighted by atomic mass is 10.5. The molecular weight excluding hydrogens is 293 g/mol. The standard InChI is InChI=1S/C9H10ClF3N2O2S/c10-3-5-15(6-8(12)13)18(16,17)9-7(11)2-1-4-14-9/h1-2,4,8H,3,5-6H2. The summed E-state index contributed by atoms with van der Waals surface area (Å²) in [6, 6.07) is 2.09. The van der Waals surface area contributed by atoms with Gasteiger partial charge in [-0.1, -0.05) is 0 Å². The molecule has 0 aliphatic rings. The summed E-state index contributed by atoms with van der Waals surface area (Å²) in [5.74, 6) is -1.27. The van der Waals surface area contributed by atoms with Crippen LogP contribution in [0, 0.1) is 5.82 Å². The second kappa shape index (κ2) is 6.35. The van der Waals surface area contributed by atoms with Crippen LogP contribution in [-0.4, -0.2) is 43.1 Å². The van der Waals surface area contributed by atoms with Gasteiger partial charge in [-0.25, -0.2) is 26.6 Å². The van der Waals surface area contributed by atoms with Gasteiger partial charge in [0.25, 0.3) is 16.4 Å². The summed E-state index contributed by atoms with van der Waals surface area (Å²) < 4.78 is 62.2. The van der Waals surface area contributed by atoms with Crippen LogP contribution in [0.25, 0.3) is 0 Å². The Bertz CT molecular complexity index is 498. The molecule has 0 saturated heterocycles. The Morgan fingerprint density at radius 3 is 2.61 bits per heavy atom. The molecule has 1 heterocycles. The molecule has 0 fully saturated rings. The number of pyridine rings is 1. The van der Waals surface area contributed by atoms with Crippen molar-refractivity contribution in [2.45, 2.75) is 11.5 Å². The quantitative estimate of drug-likeness (QED) is 0.752. The number of sulfonamides is 1. The van der Waals surface area contributed by atoms with E-state index in [-0.39, 0.29) is 12.4 Å². The predicted octanol–water partition coefficient (Wildman–Crippen LogP) is 1.72. The van der Waals surface area contributed by atoms with Crippen LogP contribution in [0.3, 0.4) is 0 Å². The molecule has 102 valence electrons. The maximum atomic E-state index is 13.3. The zero-order chi connectivity index (χ0) is 13.8. The number of alkyl halides is 3. The predicted molar refractivity (Wildman–Crippen MR) is 59.7 cm³/mol. The van der Waals surface area contributed by atoms with Gasteiger partial charge < -0.3 is 0 Å². The fourth-order valence-corrected chi connectivity index (χ4v) is 2.94. The third kappa shape index (κ3) is 3.56. The van der Waals surface area contributed by atoms with Crippen molar-refractivity contribution >= 4 is 21.6 Å². The Hall–Kier alpha value is -0.860. The van der Waals surface area contributed by atoms with Crippen molar-refractivity contribution in [3.8, 4) is 0 Å². The molecule has 18 heavy (non-hydrogen) atoms. The van der Waals surface area contributed by atoms with Gasteiger partial charge >= 0.3 is 0 Å². The number of hydrogen-bond donors (Lipinski definition) is 0. The number of aromatic nitrogens is 1. The molecule has 1 aromatic heterocycles. The number of halogens is 4. The van der Waals surface area contributed by atoms with Crippen molar-refractivity contribution in [1.82, 2.24) is 9.29 Å². The van der Waals surface area contributed by atoms with E-state index in [0.717, 1.165) is 12.3 Å². The minimum Gasteiger partial charge on any atom is -0.241 e. The minimum atomic E-state index is -4.41. The number of rotatable bonds is 6. The Kier molecular flexibility index (Phi) is 5.36. The summed E-state index contributed by atoms with van der Waals surface area (Å²) in [5.41, 5.74) is 0. The van der Waals surface area contributed by atoms with E-state index in [2.05, 4.69) is 4.98 Å². The van der Waals surface area contributed by atoms with Crippen molar-refractivity contribution in [1.29, 1.82) is 0 Å². The molecule has 0 radical (unpaired) electrons. The minimum absolute atomic E-state index is 0.180. The van der Waals surface area contributed by atoms with E-state index in [4.69, 9.17) is 11.6 Å². The van der Waals surface area contributed by atoms with Crippen LogP contribution in [0.1, 0.15) is 0 Å². The van der Waals surface area contributed by atoms with Crippen LogP contribution in [0.15, 0.2) is 23.4 Å². The highest BCUT2D eigenvalue weighted by atomic mass is 35.5. The number of hydrogen-bond acceptors (Lipinski definition) is 3. The Morgan fingerprint density at radius 2 is 2.11 bits per heavy atom. The lowest BCUT2D eigenvalue weighted by Crippen LogP contribution is -2.37. The maximum Gasteiger partial charge on any atom is 0.263 e. The molecule has 4 nitrogen and oxygen atoms in total. The molecule has 0 aliphatic carbocycles. The fraction of sp³-hybridized carbons (Fsp3) is 0.444. The van der Waals surface area contributed by atoms with Crippen molar-refractivity contribution in [2.24, 2.45) is 0 Å². The molecule has 0 bridgehead atoms. The summed E-state index contributed by atoms with van der Waals surface area (Å²) in [6.45, 7) is -1.39. The van der Waals surface area contributed by atoms with Gasteiger partial charge in [-0.15, -0.1) is 11.6 Å². The zero-order valence-corrected chi connectivity index (χ0v) is 10.6. The first-order chi connectivity index (χ1) is 8.39. The Balaban J connectivity index is 3.13. The zero-order valence-electron chi connectivity index (χ0n) is 9.06. The van der Waals surface area contributed by atoms with E-state index in [1.807, 2.05) is 0 Å². The highest BCUT2D eigenvalue weighted by Gasteiger charge is 2.30. The third-order valence-corrected chi connectivity index (χ3v) is 3.95. The van der Waals surface area contributed by atoms with Gasteiger partial charge in [0.05, 0.1) is 6.54 Å². The first-order valence-corrected chi connectivity index (χ1v) is 6.82. The summed E-state index contributed by atoms with van der Waals surface area (Å²) in [6.07, 6.45) is -1.81. The second-order valence-electron chi connectivity index (χ2n) is 3.23. The van der Waals surface area contributed by atoms with E-state index in [1.54, 1.807) is 0 Å². The molecule has 0 atom stereocenters. The first-order valence-electron chi connectivity index (χ1n) is 4.84. The first kappa shape index (κ1) is 15.2. The van der Waals surface area contributed by atoms with Gasteiger partial charge in [-0.3, -0.25) is 0 Å². The van der Waals surface area contributed by atoms with Crippen LogP contribution in [0.4, 0.5) is 13.2 Å². The maximum absolute atomic E-state index is 13.3. The molecule has 1 aromatic rings. The Morgan fingerprint density at radius 1 is 1.44 bits per heavy atom. The second-order valence-corrected chi connectivity index (χ2v) is 5.46. The van der Waals surface area contributed by atoms with Gasteiger partial charge in [0.2, 0.25) is 5.03 Å². The Labute approximate surface area is 107 Å². The van der Waals surface area contributed by atoms with Gasteiger partial charge in [-0.05, 0) is 12.1 Å². The van der Waals surface area contributed by atoms with E-state index in [1.165, 1.54) is 6.07 Å². The number of nitrogens with zero attached hydrogens (tertiary/aromatic N) is 2. The lowest BCUT2D eigenvalue weighted by molar-refractivity contribution is 0.121. The van der Waals surface area contributed by atoms with Gasteiger partial charge in [0.15, 0.2) is 5.82 Å². The molecule has 9 heteroatoms. The monoisotopic (exact) mass is 302 g/mol. The summed E-state index contributed by atoms with van der Waals surface area (Å²) in [7, 11) is -4.41. The smallest absolute Gasteiger partial charge is 0.241 e. The normalized spacial score (nSPS) is 12.3. The highest BCUT2D eigenvalue weighted by molar-refractivity contribution is 7.89. The fourth-order valence-electron chi connectivity index (χ4n) is 1.24. The van der Waals surface area contributed by atoms with Crippen molar-refractivity contribution < 1.29 is 21.6 Å². The van der Waals surface area contributed by atoms with E-state index in [9.17, 15) is 21.6 Å². The van der Waals surface area contributed by atoms with E-state index in [0.29, 0.717) is 4.31 Å². The molecule has 0 unspecified atom stereocenters. The molecule has 1 rings (SSSR count). The van der Waals surface area contributed by atoms with Gasteiger partial charge in [-0.2, -0.15) is 4.31 Å². The molecule has 0 saturated carbocycles. The van der Waals surface area contributed by atoms with Crippen molar-refractivity contribution in [3.05, 3.63) is 24.1 Å². The van der Waals surface area contributed by atoms with E-state index >= 15 is 0 Å². The average molecular weight is 303 g/mol. The van der Waals surface area contributed by atoms with Crippen LogP contribution in [0.2, 0.25) is 0 Å². The van der Waals surface area contributed by atoms with E-state index < -0.39 is 33.8 Å². The van der Waals surface area contributed by atoms with Gasteiger partial charge in [0, 0.05) is 18.6 Å². The van der Waals surface area contributed by atoms with Gasteiger partial charge in [0.1, 0.15) is 0 Å². The van der Waals surface area contributed by atoms with Crippen molar-refractivity contribution in [3.63, 3.8) is 0 Å². The average Bonchev–Trinajstić information content (AvgIpc) is 2.28. The highest BCUT2D eigenvalue weighted by Crippen LogP contribution is 2.17. The van der Waals surface area contributed by atoms with Crippen LogP contribution >= 0.6 is 11.6 Å². The molecule has 0 spiro atoms. The van der Waals surface area contributed by atoms with Crippen LogP contribution in [0.5, 0.6) is 0 Å². The third-order valence-electron chi connectivity index (χ3n) is 1.98. The topological polar surface area (TPSA) is 50.3 Å².